The Morgan fingerprint density at radius 3 is 2.64 bits per heavy atom. The molecule has 0 fully saturated rings. The minimum Gasteiger partial charge on any atom is -0.480 e. The van der Waals surface area contributed by atoms with E-state index in [1.807, 2.05) is 6.26 Å². The summed E-state index contributed by atoms with van der Waals surface area (Å²) in [5, 5.41) is 31.8. The van der Waals surface area contributed by atoms with Crippen LogP contribution in [0.2, 0.25) is 0 Å². The highest BCUT2D eigenvalue weighted by atomic mass is 32.2. The van der Waals surface area contributed by atoms with E-state index in [0.29, 0.717) is 25.1 Å². The molecule has 4 N–H and O–H groups in total. The number of unbranched alkanes of at least 4 members (excludes halogenated alkanes) is 2. The molecule has 0 aromatic heterocycles. The molecule has 0 heterocycles. The number of nitrogens with one attached hydrogen (secondary N) is 2. The van der Waals surface area contributed by atoms with Gasteiger partial charge in [0.2, 0.25) is 0 Å². The van der Waals surface area contributed by atoms with Gasteiger partial charge in [0.05, 0.1) is 0 Å². The number of carboxylic acids is 1. The van der Waals surface area contributed by atoms with Gasteiger partial charge in [-0.15, -0.1) is 0 Å². The maximum atomic E-state index is 11.9. The summed E-state index contributed by atoms with van der Waals surface area (Å²) in [5.41, 5.74) is -0.155. The fraction of sp³-hybridized carbons (Fsp3) is 0.643. The van der Waals surface area contributed by atoms with Gasteiger partial charge in [-0.25, -0.2) is 4.79 Å². The van der Waals surface area contributed by atoms with Crippen LogP contribution in [-0.2, 0) is 9.59 Å². The molecule has 0 aromatic carbocycles. The number of hydrogen-bond acceptors (Lipinski definition) is 6. The number of carbonyl (C=O) groups is 2. The van der Waals surface area contributed by atoms with Crippen LogP contribution in [0.15, 0.2) is 11.8 Å². The van der Waals surface area contributed by atoms with Crippen LogP contribution in [-0.4, -0.2) is 53.3 Å². The number of carboxylic acid groups (broad SMARTS) is 1. The van der Waals surface area contributed by atoms with Gasteiger partial charge in [-0.1, -0.05) is 0 Å². The predicted octanol–water partition coefficient (Wildman–Crippen LogP) is 0.469. The van der Waals surface area contributed by atoms with Crippen molar-refractivity contribution in [1.82, 2.24) is 10.6 Å². The molecule has 1 unspecified atom stereocenters. The Kier molecular flexibility index (Phi) is 12.0. The van der Waals surface area contributed by atoms with E-state index in [-0.39, 0.29) is 12.2 Å². The second-order valence-corrected chi connectivity index (χ2v) is 5.54. The van der Waals surface area contributed by atoms with Crippen molar-refractivity contribution in [2.75, 3.05) is 25.2 Å². The van der Waals surface area contributed by atoms with E-state index in [0.717, 1.165) is 12.8 Å². The van der Waals surface area contributed by atoms with Crippen molar-refractivity contribution in [3.8, 4) is 6.07 Å². The lowest BCUT2D eigenvalue weighted by Crippen LogP contribution is -2.41. The van der Waals surface area contributed by atoms with Crippen LogP contribution in [0.1, 0.15) is 25.7 Å². The molecule has 124 valence electrons. The monoisotopic (exact) mass is 329 g/mol. The van der Waals surface area contributed by atoms with Gasteiger partial charge >= 0.3 is 5.97 Å². The van der Waals surface area contributed by atoms with Gasteiger partial charge in [-0.3, -0.25) is 4.79 Å². The first-order valence-electron chi connectivity index (χ1n) is 7.04. The molecular weight excluding hydrogens is 306 g/mol. The summed E-state index contributed by atoms with van der Waals surface area (Å²) in [6.07, 6.45) is 5.82. The normalized spacial score (nSPS) is 12.3. The third kappa shape index (κ3) is 9.26. The van der Waals surface area contributed by atoms with Gasteiger partial charge < -0.3 is 20.8 Å². The van der Waals surface area contributed by atoms with E-state index in [1.165, 1.54) is 18.0 Å². The standard InChI is InChI=1S/C14H23N3O4S/c1-22-8-5-12(14(20)21)17-13(19)11(9-15)10-16-6-3-2-4-7-18/h10,12,16,18H,2-8H2,1H3,(H,17,19)(H,20,21)/b11-10-. The zero-order chi connectivity index (χ0) is 16.8. The summed E-state index contributed by atoms with van der Waals surface area (Å²) >= 11 is 1.49. The van der Waals surface area contributed by atoms with Crippen LogP contribution in [0.25, 0.3) is 0 Å². The van der Waals surface area contributed by atoms with E-state index < -0.39 is 17.9 Å². The van der Waals surface area contributed by atoms with Crippen molar-refractivity contribution in [2.45, 2.75) is 31.7 Å². The van der Waals surface area contributed by atoms with Crippen LogP contribution < -0.4 is 10.6 Å². The summed E-state index contributed by atoms with van der Waals surface area (Å²) in [6, 6.07) is 0.754. The Labute approximate surface area is 134 Å². The Morgan fingerprint density at radius 1 is 1.36 bits per heavy atom. The molecule has 0 rings (SSSR count). The Morgan fingerprint density at radius 2 is 2.09 bits per heavy atom. The zero-order valence-electron chi connectivity index (χ0n) is 12.7. The number of aliphatic hydroxyl groups excluding tert-OH is 1. The van der Waals surface area contributed by atoms with Crippen molar-refractivity contribution >= 4 is 23.6 Å². The molecule has 0 spiro atoms. The van der Waals surface area contributed by atoms with Gasteiger partial charge in [-0.2, -0.15) is 17.0 Å². The largest absolute Gasteiger partial charge is 0.480 e. The number of aliphatic carboxylic acids is 1. The Balaban J connectivity index is 4.37. The predicted molar refractivity (Wildman–Crippen MR) is 85.2 cm³/mol. The number of carbonyl (C=O) groups excluding carboxylic acids is 1. The highest BCUT2D eigenvalue weighted by molar-refractivity contribution is 7.98. The third-order valence-corrected chi connectivity index (χ3v) is 3.45. The van der Waals surface area contributed by atoms with E-state index in [1.54, 1.807) is 6.07 Å². The fourth-order valence-corrected chi connectivity index (χ4v) is 2.04. The molecule has 22 heavy (non-hydrogen) atoms. The lowest BCUT2D eigenvalue weighted by molar-refractivity contribution is -0.141. The van der Waals surface area contributed by atoms with Crippen molar-refractivity contribution in [2.24, 2.45) is 0 Å². The van der Waals surface area contributed by atoms with E-state index in [2.05, 4.69) is 10.6 Å². The lowest BCUT2D eigenvalue weighted by Gasteiger charge is -2.13. The quantitative estimate of drug-likeness (QED) is 0.233. The molecule has 0 saturated heterocycles. The number of rotatable bonds is 12. The van der Waals surface area contributed by atoms with Gasteiger partial charge in [0.15, 0.2) is 0 Å². The molecular formula is C14H23N3O4S. The number of nitriles is 1. The third-order valence-electron chi connectivity index (χ3n) is 2.80. The minimum atomic E-state index is -1.11. The van der Waals surface area contributed by atoms with Crippen LogP contribution in [0.4, 0.5) is 0 Å². The topological polar surface area (TPSA) is 122 Å². The number of nitrogens with zero attached hydrogens (tertiary/aromatic N) is 1. The summed E-state index contributed by atoms with van der Waals surface area (Å²) in [6.45, 7) is 0.724. The average Bonchev–Trinajstić information content (AvgIpc) is 2.50. The van der Waals surface area contributed by atoms with Crippen LogP contribution >= 0.6 is 11.8 Å². The molecule has 0 bridgehead atoms. The first-order chi connectivity index (χ1) is 10.6. The first-order valence-corrected chi connectivity index (χ1v) is 8.43. The Bertz CT molecular complexity index is 421. The van der Waals surface area contributed by atoms with Crippen LogP contribution in [0.3, 0.4) is 0 Å². The van der Waals surface area contributed by atoms with Crippen molar-refractivity contribution in [3.63, 3.8) is 0 Å². The second kappa shape index (κ2) is 13.0. The molecule has 0 aliphatic heterocycles. The summed E-state index contributed by atoms with van der Waals surface area (Å²) in [7, 11) is 0. The summed E-state index contributed by atoms with van der Waals surface area (Å²) < 4.78 is 0. The SMILES string of the molecule is CSCCC(NC(=O)/C(C#N)=C\NCCCCCO)C(=O)O. The van der Waals surface area contributed by atoms with Crippen molar-refractivity contribution < 1.29 is 19.8 Å². The highest BCUT2D eigenvalue weighted by Crippen LogP contribution is 2.02. The van der Waals surface area contributed by atoms with Crippen LogP contribution in [0.5, 0.6) is 0 Å². The number of amides is 1. The number of thioether (sulfide) groups is 1. The lowest BCUT2D eigenvalue weighted by atomic mass is 10.2. The molecule has 8 heteroatoms. The maximum absolute atomic E-state index is 11.9. The molecule has 0 aromatic rings. The summed E-state index contributed by atoms with van der Waals surface area (Å²) in [4.78, 5) is 22.9. The van der Waals surface area contributed by atoms with Gasteiger partial charge in [-0.05, 0) is 37.7 Å². The molecule has 0 radical (unpaired) electrons. The van der Waals surface area contributed by atoms with E-state index in [4.69, 9.17) is 15.5 Å². The van der Waals surface area contributed by atoms with Crippen molar-refractivity contribution in [1.29, 1.82) is 5.26 Å². The minimum absolute atomic E-state index is 0.147. The van der Waals surface area contributed by atoms with Crippen molar-refractivity contribution in [3.05, 3.63) is 11.8 Å². The molecule has 7 nitrogen and oxygen atoms in total. The Hall–Kier alpha value is -1.72. The molecule has 1 amide bonds. The van der Waals surface area contributed by atoms with Gasteiger partial charge in [0.1, 0.15) is 17.7 Å². The van der Waals surface area contributed by atoms with E-state index >= 15 is 0 Å². The number of hydrogen-bond donors (Lipinski definition) is 4. The summed E-state index contributed by atoms with van der Waals surface area (Å²) in [5.74, 6) is -1.21. The fourth-order valence-electron chi connectivity index (χ4n) is 1.57. The van der Waals surface area contributed by atoms with Crippen LogP contribution in [0, 0.1) is 11.3 Å². The zero-order valence-corrected chi connectivity index (χ0v) is 13.5. The molecule has 0 saturated carbocycles. The first kappa shape index (κ1) is 20.3. The maximum Gasteiger partial charge on any atom is 0.326 e. The average molecular weight is 329 g/mol. The smallest absolute Gasteiger partial charge is 0.326 e. The molecule has 0 aliphatic carbocycles. The van der Waals surface area contributed by atoms with Gasteiger partial charge in [0.25, 0.3) is 5.91 Å². The molecule has 1 atom stereocenters. The molecule has 0 aliphatic rings. The van der Waals surface area contributed by atoms with Gasteiger partial charge in [0, 0.05) is 19.4 Å². The van der Waals surface area contributed by atoms with E-state index in [9.17, 15) is 9.59 Å². The second-order valence-electron chi connectivity index (χ2n) is 4.55. The highest BCUT2D eigenvalue weighted by Gasteiger charge is 2.21. The number of aliphatic hydroxyl groups is 1.